The molecule has 0 spiro atoms. The van der Waals surface area contributed by atoms with Crippen molar-refractivity contribution in [2.75, 3.05) is 0 Å². The van der Waals surface area contributed by atoms with Gasteiger partial charge in [0.05, 0.1) is 4.88 Å². The molecule has 0 fully saturated rings. The van der Waals surface area contributed by atoms with E-state index in [1.165, 1.54) is 11.3 Å². The monoisotopic (exact) mass is 175 g/mol. The van der Waals surface area contributed by atoms with Crippen molar-refractivity contribution in [3.8, 4) is 0 Å². The van der Waals surface area contributed by atoms with Crippen LogP contribution in [0.3, 0.4) is 0 Å². The molecular formula is C6H6ClNOS. The molecule has 0 aromatic carbocycles. The quantitative estimate of drug-likeness (QED) is 0.397. The second kappa shape index (κ2) is 3.03. The maximum absolute atomic E-state index is 8.26. The van der Waals surface area contributed by atoms with E-state index < -0.39 is 0 Å². The Balaban J connectivity index is 2.95. The maximum atomic E-state index is 8.26. The highest BCUT2D eigenvalue weighted by Gasteiger charge is 2.01. The molecule has 2 nitrogen and oxygen atoms in total. The van der Waals surface area contributed by atoms with Crippen LogP contribution in [0, 0.1) is 6.92 Å². The normalized spacial score (nSPS) is 12.0. The predicted octanol–water partition coefficient (Wildman–Crippen LogP) is 2.43. The molecule has 0 atom stereocenters. The summed E-state index contributed by atoms with van der Waals surface area (Å²) in [7, 11) is 0. The molecule has 0 radical (unpaired) electrons. The summed E-state index contributed by atoms with van der Waals surface area (Å²) in [6.45, 7) is 1.96. The molecule has 10 heavy (non-hydrogen) atoms. The number of oxime groups is 1. The molecule has 0 aliphatic carbocycles. The fourth-order valence-corrected chi connectivity index (χ4v) is 1.55. The summed E-state index contributed by atoms with van der Waals surface area (Å²) in [6, 6.07) is 1.87. The van der Waals surface area contributed by atoms with Crippen molar-refractivity contribution in [2.45, 2.75) is 6.92 Å². The molecule has 1 aromatic heterocycles. The standard InChI is InChI=1S/C6H6ClNOS/c1-4-2-5(10-3-4)6(7)8-9/h2-3,9H,1H3. The van der Waals surface area contributed by atoms with Crippen LogP contribution in [0.4, 0.5) is 0 Å². The van der Waals surface area contributed by atoms with Gasteiger partial charge in [0, 0.05) is 0 Å². The van der Waals surface area contributed by atoms with Gasteiger partial charge in [0.15, 0.2) is 5.17 Å². The Morgan fingerprint density at radius 2 is 2.50 bits per heavy atom. The third kappa shape index (κ3) is 1.49. The van der Waals surface area contributed by atoms with Gasteiger partial charge < -0.3 is 5.21 Å². The molecule has 1 N–H and O–H groups in total. The zero-order valence-corrected chi connectivity index (χ0v) is 6.91. The second-order valence-corrected chi connectivity index (χ2v) is 3.15. The van der Waals surface area contributed by atoms with Crippen molar-refractivity contribution in [1.82, 2.24) is 0 Å². The zero-order valence-electron chi connectivity index (χ0n) is 5.34. The van der Waals surface area contributed by atoms with Gasteiger partial charge in [0.2, 0.25) is 0 Å². The van der Waals surface area contributed by atoms with Crippen LogP contribution in [0.2, 0.25) is 0 Å². The number of rotatable bonds is 1. The molecule has 0 bridgehead atoms. The number of nitrogens with zero attached hydrogens (tertiary/aromatic N) is 1. The van der Waals surface area contributed by atoms with Crippen LogP contribution in [0.25, 0.3) is 0 Å². The average molecular weight is 176 g/mol. The van der Waals surface area contributed by atoms with Crippen LogP contribution in [0.1, 0.15) is 10.4 Å². The highest BCUT2D eigenvalue weighted by Crippen LogP contribution is 2.15. The van der Waals surface area contributed by atoms with Crippen molar-refractivity contribution >= 4 is 28.1 Å². The Hall–Kier alpha value is -0.540. The zero-order chi connectivity index (χ0) is 7.56. The lowest BCUT2D eigenvalue weighted by Crippen LogP contribution is -1.83. The minimum atomic E-state index is 0.151. The summed E-state index contributed by atoms with van der Waals surface area (Å²) in [6.07, 6.45) is 0. The van der Waals surface area contributed by atoms with E-state index in [1.807, 2.05) is 18.4 Å². The summed E-state index contributed by atoms with van der Waals surface area (Å²) in [4.78, 5) is 0.793. The van der Waals surface area contributed by atoms with Gasteiger partial charge >= 0.3 is 0 Å². The average Bonchev–Trinajstić information content (AvgIpc) is 2.34. The Morgan fingerprint density at radius 3 is 2.90 bits per heavy atom. The number of aryl methyl sites for hydroxylation is 1. The van der Waals surface area contributed by atoms with Crippen molar-refractivity contribution in [2.24, 2.45) is 5.16 Å². The third-order valence-electron chi connectivity index (χ3n) is 1.02. The van der Waals surface area contributed by atoms with E-state index in [4.69, 9.17) is 16.8 Å². The van der Waals surface area contributed by atoms with E-state index in [-0.39, 0.29) is 5.17 Å². The van der Waals surface area contributed by atoms with Gasteiger partial charge in [-0.2, -0.15) is 0 Å². The number of thiophene rings is 1. The summed E-state index contributed by atoms with van der Waals surface area (Å²) in [5, 5.41) is 13.2. The van der Waals surface area contributed by atoms with Crippen LogP contribution in [0.15, 0.2) is 16.6 Å². The van der Waals surface area contributed by atoms with Gasteiger partial charge in [-0.1, -0.05) is 16.8 Å². The van der Waals surface area contributed by atoms with Crippen LogP contribution in [-0.2, 0) is 0 Å². The van der Waals surface area contributed by atoms with Crippen LogP contribution < -0.4 is 0 Å². The Bertz CT molecular complexity index is 256. The SMILES string of the molecule is Cc1csc(C(Cl)=NO)c1. The van der Waals surface area contributed by atoms with Crippen molar-refractivity contribution in [1.29, 1.82) is 0 Å². The second-order valence-electron chi connectivity index (χ2n) is 1.88. The molecule has 0 aliphatic rings. The van der Waals surface area contributed by atoms with Gasteiger partial charge in [0.1, 0.15) is 0 Å². The van der Waals surface area contributed by atoms with Gasteiger partial charge in [-0.3, -0.25) is 0 Å². The van der Waals surface area contributed by atoms with E-state index in [2.05, 4.69) is 5.16 Å². The lowest BCUT2D eigenvalue weighted by atomic mass is 10.3. The smallest absolute Gasteiger partial charge is 0.185 e. The fourth-order valence-electron chi connectivity index (χ4n) is 0.589. The molecule has 54 valence electrons. The first kappa shape index (κ1) is 7.57. The van der Waals surface area contributed by atoms with Gasteiger partial charge in [-0.05, 0) is 23.9 Å². The largest absolute Gasteiger partial charge is 0.410 e. The van der Waals surface area contributed by atoms with Crippen molar-refractivity contribution in [3.63, 3.8) is 0 Å². The molecule has 0 amide bonds. The molecular weight excluding hydrogens is 170 g/mol. The Morgan fingerprint density at radius 1 is 1.80 bits per heavy atom. The van der Waals surface area contributed by atoms with Crippen molar-refractivity contribution < 1.29 is 5.21 Å². The number of halogens is 1. The highest BCUT2D eigenvalue weighted by atomic mass is 35.5. The Labute approximate surface area is 67.7 Å². The minimum absolute atomic E-state index is 0.151. The molecule has 0 saturated carbocycles. The van der Waals surface area contributed by atoms with E-state index >= 15 is 0 Å². The van der Waals surface area contributed by atoms with Crippen LogP contribution in [0.5, 0.6) is 0 Å². The number of hydrogen-bond acceptors (Lipinski definition) is 3. The van der Waals surface area contributed by atoms with E-state index in [0.29, 0.717) is 0 Å². The van der Waals surface area contributed by atoms with Gasteiger partial charge in [-0.15, -0.1) is 11.3 Å². The molecule has 0 saturated heterocycles. The third-order valence-corrected chi connectivity index (χ3v) is 2.47. The molecule has 1 rings (SSSR count). The lowest BCUT2D eigenvalue weighted by Gasteiger charge is -1.84. The van der Waals surface area contributed by atoms with Gasteiger partial charge in [0.25, 0.3) is 0 Å². The van der Waals surface area contributed by atoms with Crippen LogP contribution >= 0.6 is 22.9 Å². The summed E-state index contributed by atoms with van der Waals surface area (Å²) in [5.74, 6) is 0. The Kier molecular flexibility index (Phi) is 2.29. The van der Waals surface area contributed by atoms with E-state index in [0.717, 1.165) is 10.4 Å². The molecule has 1 aromatic rings. The van der Waals surface area contributed by atoms with E-state index in [9.17, 15) is 0 Å². The lowest BCUT2D eigenvalue weighted by molar-refractivity contribution is 0.321. The first-order valence-electron chi connectivity index (χ1n) is 2.67. The van der Waals surface area contributed by atoms with Crippen molar-refractivity contribution in [3.05, 3.63) is 21.9 Å². The van der Waals surface area contributed by atoms with Crippen LogP contribution in [-0.4, -0.2) is 10.4 Å². The summed E-state index contributed by atoms with van der Waals surface area (Å²) in [5.41, 5.74) is 1.13. The first-order chi connectivity index (χ1) is 4.74. The van der Waals surface area contributed by atoms with E-state index in [1.54, 1.807) is 0 Å². The number of hydrogen-bond donors (Lipinski definition) is 1. The summed E-state index contributed by atoms with van der Waals surface area (Å²) >= 11 is 6.97. The molecule has 1 heterocycles. The maximum Gasteiger partial charge on any atom is 0.185 e. The minimum Gasteiger partial charge on any atom is -0.410 e. The highest BCUT2D eigenvalue weighted by molar-refractivity contribution is 7.14. The summed E-state index contributed by atoms with van der Waals surface area (Å²) < 4.78 is 0. The first-order valence-corrected chi connectivity index (χ1v) is 3.93. The molecule has 0 unspecified atom stereocenters. The fraction of sp³-hybridized carbons (Fsp3) is 0.167. The predicted molar refractivity (Wildman–Crippen MR) is 43.2 cm³/mol. The molecule has 0 aliphatic heterocycles. The molecule has 4 heteroatoms. The topological polar surface area (TPSA) is 32.6 Å². The van der Waals surface area contributed by atoms with Gasteiger partial charge in [-0.25, -0.2) is 0 Å².